The van der Waals surface area contributed by atoms with Crippen LogP contribution >= 0.6 is 0 Å². The Morgan fingerprint density at radius 3 is 2.11 bits per heavy atom. The highest BCUT2D eigenvalue weighted by Gasteiger charge is 2.63. The number of amides is 2. The first-order chi connectivity index (χ1) is 20.7. The lowest BCUT2D eigenvalue weighted by Crippen LogP contribution is -2.60. The van der Waals surface area contributed by atoms with E-state index in [2.05, 4.69) is 10.3 Å². The third kappa shape index (κ3) is 6.80. The molecule has 4 aliphatic carbocycles. The molecule has 4 saturated carbocycles. The average Bonchev–Trinajstić information content (AvgIpc) is 2.93. The molecule has 12 heteroatoms. The van der Waals surface area contributed by atoms with Crippen LogP contribution in [0.15, 0.2) is 42.6 Å². The van der Waals surface area contributed by atoms with Gasteiger partial charge in [-0.3, -0.25) is 15.1 Å². The van der Waals surface area contributed by atoms with E-state index in [1.165, 1.54) is 17.2 Å². The third-order valence-electron chi connectivity index (χ3n) is 9.82. The highest BCUT2D eigenvalue weighted by atomic mass is 19.4. The fraction of sp³-hybridized carbons (Fsp3) is 0.606. The minimum absolute atomic E-state index is 0.144. The van der Waals surface area contributed by atoms with Crippen molar-refractivity contribution in [3.63, 3.8) is 0 Å². The number of alkyl halides is 5. The number of halogens is 5. The van der Waals surface area contributed by atoms with Gasteiger partial charge >= 0.3 is 12.3 Å². The third-order valence-corrected chi connectivity index (χ3v) is 9.82. The van der Waals surface area contributed by atoms with E-state index in [0.717, 1.165) is 51.1 Å². The van der Waals surface area contributed by atoms with Crippen molar-refractivity contribution in [3.05, 3.63) is 53.9 Å². The first-order valence-corrected chi connectivity index (χ1v) is 15.3. The molecular weight excluding hydrogens is 597 g/mol. The smallest absolute Gasteiger partial charge is 0.417 e. The highest BCUT2D eigenvalue weighted by Crippen LogP contribution is 2.58. The summed E-state index contributed by atoms with van der Waals surface area (Å²) in [6.07, 6.45) is -1.34. The summed E-state index contributed by atoms with van der Waals surface area (Å²) in [5.74, 6) is -4.50. The van der Waals surface area contributed by atoms with Gasteiger partial charge in [0.1, 0.15) is 5.60 Å². The van der Waals surface area contributed by atoms with Gasteiger partial charge in [0.2, 0.25) is 5.91 Å². The molecule has 2 bridgehead atoms. The molecule has 4 fully saturated rings. The van der Waals surface area contributed by atoms with Gasteiger partial charge in [-0.05, 0) is 108 Å². The molecule has 0 aliphatic heterocycles. The molecule has 0 unspecified atom stereocenters. The summed E-state index contributed by atoms with van der Waals surface area (Å²) < 4.78 is 73.1. The summed E-state index contributed by atoms with van der Waals surface area (Å²) >= 11 is 0. The van der Waals surface area contributed by atoms with E-state index in [1.54, 1.807) is 51.1 Å². The van der Waals surface area contributed by atoms with Crippen LogP contribution in [0.25, 0.3) is 0 Å². The zero-order valence-corrected chi connectivity index (χ0v) is 25.9. The molecule has 2 aromatic rings. The molecule has 1 heterocycles. The van der Waals surface area contributed by atoms with Gasteiger partial charge in [0.15, 0.2) is 5.60 Å². The van der Waals surface area contributed by atoms with Crippen molar-refractivity contribution in [3.8, 4) is 0 Å². The number of carbonyl (C=O) groups excluding carboxylic acids is 2. The average molecular weight is 638 g/mol. The van der Waals surface area contributed by atoms with Crippen molar-refractivity contribution in [1.29, 1.82) is 0 Å². The lowest BCUT2D eigenvalue weighted by Gasteiger charge is -2.55. The Kier molecular flexibility index (Phi) is 8.24. The van der Waals surface area contributed by atoms with E-state index in [4.69, 9.17) is 4.74 Å². The van der Waals surface area contributed by atoms with Crippen molar-refractivity contribution >= 4 is 23.4 Å². The molecular formula is C33H40F5N3O4. The van der Waals surface area contributed by atoms with Crippen molar-refractivity contribution < 1.29 is 41.4 Å². The topological polar surface area (TPSA) is 91.8 Å². The Hall–Kier alpha value is -3.28. The van der Waals surface area contributed by atoms with Gasteiger partial charge in [0, 0.05) is 53.6 Å². The Morgan fingerprint density at radius 1 is 0.978 bits per heavy atom. The van der Waals surface area contributed by atoms with Crippen LogP contribution in [0.4, 0.5) is 38.1 Å². The number of fused-ring (bicyclic) bond motifs is 3. The number of aromatic nitrogens is 1. The number of benzene rings is 1. The number of nitrogens with zero attached hydrogens (tertiary/aromatic N) is 2. The minimum atomic E-state index is -4.83. The zero-order chi connectivity index (χ0) is 33.1. The molecule has 4 aliphatic rings. The molecule has 1 aromatic heterocycles. The summed E-state index contributed by atoms with van der Waals surface area (Å²) in [5, 5.41) is 12.7. The second kappa shape index (κ2) is 11.2. The number of pyridine rings is 1. The Morgan fingerprint density at radius 2 is 1.60 bits per heavy atom. The molecule has 2 amide bonds. The largest absolute Gasteiger partial charge is 0.444 e. The van der Waals surface area contributed by atoms with Crippen LogP contribution in [-0.4, -0.2) is 46.0 Å². The number of carbonyl (C=O) groups is 2. The lowest BCUT2D eigenvalue weighted by atomic mass is 9.52. The van der Waals surface area contributed by atoms with Gasteiger partial charge in [-0.15, -0.1) is 0 Å². The maximum absolute atomic E-state index is 13.9. The first kappa shape index (κ1) is 33.1. The molecule has 0 atom stereocenters. The predicted molar refractivity (Wildman–Crippen MR) is 158 cm³/mol. The Bertz CT molecular complexity index is 1400. The molecule has 45 heavy (non-hydrogen) atoms. The van der Waals surface area contributed by atoms with Crippen molar-refractivity contribution in [2.75, 3.05) is 16.8 Å². The van der Waals surface area contributed by atoms with Gasteiger partial charge in [0.25, 0.3) is 5.92 Å². The van der Waals surface area contributed by atoms with E-state index in [1.807, 2.05) is 0 Å². The van der Waals surface area contributed by atoms with E-state index < -0.39 is 54.1 Å². The minimum Gasteiger partial charge on any atom is -0.444 e. The highest BCUT2D eigenvalue weighted by molar-refractivity contribution is 5.97. The standard InChI is InChI=1S/C33H40F5N3O4/c1-28(2,3)45-27(43)40-23-6-5-7-24(16-23)41(26(42)21-17-32(44,18-21)33(36,37)38)20-30-10-13-31(14-11-30,15-12-30)25-9-8-22(19-39-25)29(4,34)35/h5-9,16,19,21,44H,10-15,17-18,20H2,1-4H3,(H,40,43). The van der Waals surface area contributed by atoms with Crippen LogP contribution in [0.2, 0.25) is 0 Å². The van der Waals surface area contributed by atoms with Gasteiger partial charge in [0.05, 0.1) is 0 Å². The molecule has 0 radical (unpaired) electrons. The molecule has 2 N–H and O–H groups in total. The van der Waals surface area contributed by atoms with Gasteiger partial charge in [-0.1, -0.05) is 6.07 Å². The summed E-state index contributed by atoms with van der Waals surface area (Å²) in [7, 11) is 0. The number of hydrogen-bond donors (Lipinski definition) is 2. The maximum atomic E-state index is 13.9. The van der Waals surface area contributed by atoms with Crippen LogP contribution < -0.4 is 10.2 Å². The van der Waals surface area contributed by atoms with Crippen LogP contribution in [0.1, 0.15) is 90.3 Å². The summed E-state index contributed by atoms with van der Waals surface area (Å²) in [6, 6.07) is 9.65. The zero-order valence-electron chi connectivity index (χ0n) is 25.9. The van der Waals surface area contributed by atoms with E-state index in [-0.39, 0.29) is 22.9 Å². The second-order valence-electron chi connectivity index (χ2n) is 14.3. The van der Waals surface area contributed by atoms with Crippen molar-refractivity contribution in [2.24, 2.45) is 11.3 Å². The number of anilines is 2. The Balaban J connectivity index is 1.37. The van der Waals surface area contributed by atoms with E-state index >= 15 is 0 Å². The van der Waals surface area contributed by atoms with E-state index in [9.17, 15) is 36.6 Å². The van der Waals surface area contributed by atoms with Crippen molar-refractivity contribution in [2.45, 2.75) is 108 Å². The van der Waals surface area contributed by atoms with Crippen LogP contribution in [-0.2, 0) is 20.9 Å². The summed E-state index contributed by atoms with van der Waals surface area (Å²) in [4.78, 5) is 32.2. The van der Waals surface area contributed by atoms with Crippen LogP contribution in [0.3, 0.4) is 0 Å². The number of aliphatic hydroxyl groups is 1. The first-order valence-electron chi connectivity index (χ1n) is 15.3. The van der Waals surface area contributed by atoms with Gasteiger partial charge < -0.3 is 14.7 Å². The molecule has 246 valence electrons. The number of nitrogens with one attached hydrogen (secondary N) is 1. The predicted octanol–water partition coefficient (Wildman–Crippen LogP) is 7.87. The number of ether oxygens (including phenoxy) is 1. The fourth-order valence-corrected chi connectivity index (χ4v) is 7.04. The molecule has 0 saturated heterocycles. The van der Waals surface area contributed by atoms with Crippen LogP contribution in [0, 0.1) is 11.3 Å². The normalized spacial score (nSPS) is 28.3. The van der Waals surface area contributed by atoms with E-state index in [0.29, 0.717) is 11.4 Å². The van der Waals surface area contributed by atoms with Crippen molar-refractivity contribution in [1.82, 2.24) is 4.98 Å². The molecule has 6 rings (SSSR count). The lowest BCUT2D eigenvalue weighted by molar-refractivity contribution is -0.295. The number of rotatable bonds is 7. The summed E-state index contributed by atoms with van der Waals surface area (Å²) in [6.45, 7) is 6.26. The summed E-state index contributed by atoms with van der Waals surface area (Å²) in [5.41, 5.74) is -2.79. The molecule has 7 nitrogen and oxygen atoms in total. The SMILES string of the molecule is CC(C)(C)OC(=O)Nc1cccc(N(CC23CCC(c4ccc(C(C)(F)F)cn4)(CC2)CC3)C(=O)C2CC(O)(C(F)(F)F)C2)c1. The maximum Gasteiger partial charge on any atom is 0.417 e. The molecule has 1 aromatic carbocycles. The monoisotopic (exact) mass is 637 g/mol. The van der Waals surface area contributed by atoms with Gasteiger partial charge in [-0.25, -0.2) is 13.6 Å². The second-order valence-corrected chi connectivity index (χ2v) is 14.3. The quantitative estimate of drug-likeness (QED) is 0.302. The van der Waals surface area contributed by atoms with Gasteiger partial charge in [-0.2, -0.15) is 13.2 Å². The van der Waals surface area contributed by atoms with Crippen LogP contribution in [0.5, 0.6) is 0 Å². The fourth-order valence-electron chi connectivity index (χ4n) is 7.04. The Labute approximate surface area is 259 Å². The number of hydrogen-bond acceptors (Lipinski definition) is 5. The molecule has 0 spiro atoms.